The molecule has 4 N–H and O–H groups in total. The van der Waals surface area contributed by atoms with Gasteiger partial charge in [-0.2, -0.15) is 10.5 Å². The summed E-state index contributed by atoms with van der Waals surface area (Å²) >= 11 is 0. The van der Waals surface area contributed by atoms with Crippen molar-refractivity contribution in [2.45, 2.75) is 152 Å². The predicted octanol–water partition coefficient (Wildman–Crippen LogP) is 8.37. The molecule has 0 radical (unpaired) electrons. The number of nitrogens with zero attached hydrogens (tertiary/aromatic N) is 8. The fraction of sp³-hybridized carbons (Fsp3) is 0.586. The van der Waals surface area contributed by atoms with Gasteiger partial charge in [-0.05, 0) is 151 Å². The number of aromatic nitrogens is 4. The molecule has 10 rings (SSSR count). The standard InChI is InChI=1S/2C29H37N5O4/c2*30-18-22-11-12-24(26(32-22)25-8-2-4-17-38-25)27(29(35)36)34-15-13-23(19-34)37-16-3-1-7-21-10-9-20-6-5-14-31-28(20)33-21/h2*9-12,23,25,27H,1-8,13-17,19H2,(H,31,33)(H,35,36)/t23-,25?,27+;23-,25?,27-/m11/s1. The first-order valence-electron chi connectivity index (χ1n) is 27.9. The van der Waals surface area contributed by atoms with E-state index < -0.39 is 24.0 Å². The summed E-state index contributed by atoms with van der Waals surface area (Å²) in [4.78, 5) is 47.4. The molecular formula is C58H74N10O8. The zero-order valence-electron chi connectivity index (χ0n) is 43.8. The van der Waals surface area contributed by atoms with Crippen LogP contribution in [0.3, 0.4) is 0 Å². The van der Waals surface area contributed by atoms with E-state index >= 15 is 0 Å². The molecule has 4 saturated heterocycles. The Morgan fingerprint density at radius 3 is 1.47 bits per heavy atom. The third-order valence-electron chi connectivity index (χ3n) is 15.5. The number of ether oxygens (including phenoxy) is 4. The van der Waals surface area contributed by atoms with Crippen LogP contribution in [0, 0.1) is 22.7 Å². The van der Waals surface area contributed by atoms with E-state index in [-0.39, 0.29) is 35.8 Å². The monoisotopic (exact) mass is 1040 g/mol. The van der Waals surface area contributed by atoms with Crippen LogP contribution in [0.15, 0.2) is 48.5 Å². The van der Waals surface area contributed by atoms with Crippen LogP contribution in [-0.2, 0) is 54.2 Å². The lowest BCUT2D eigenvalue weighted by Gasteiger charge is -2.29. The SMILES string of the molecule is N#Cc1ccc([C@@H](C(=O)O)N2CC[C@@H](OCCCCc3ccc4c(n3)NCCC4)C2)c(C2CCCCO2)n1.N#Cc1ccc([C@H](C(=O)O)N2CC[C@@H](OCCCCc3ccc4c(n3)NCCC4)C2)c(C2CCCCO2)n1. The maximum atomic E-state index is 12.5. The van der Waals surface area contributed by atoms with Crippen molar-refractivity contribution in [2.75, 3.05) is 76.3 Å². The summed E-state index contributed by atoms with van der Waals surface area (Å²) < 4.78 is 24.2. The second kappa shape index (κ2) is 27.3. The lowest BCUT2D eigenvalue weighted by atomic mass is 9.96. The fourth-order valence-corrected chi connectivity index (χ4v) is 11.5. The van der Waals surface area contributed by atoms with E-state index in [1.54, 1.807) is 24.3 Å². The van der Waals surface area contributed by atoms with E-state index in [9.17, 15) is 30.3 Å². The number of carbonyl (C=O) groups is 2. The van der Waals surface area contributed by atoms with Crippen LogP contribution >= 0.6 is 0 Å². The van der Waals surface area contributed by atoms with Gasteiger partial charge in [0.05, 0.1) is 35.8 Å². The number of likely N-dealkylation sites (tertiary alicyclic amines) is 2. The number of aliphatic carboxylic acids is 2. The van der Waals surface area contributed by atoms with Crippen molar-refractivity contribution >= 4 is 23.6 Å². The van der Waals surface area contributed by atoms with Crippen LogP contribution in [0.1, 0.15) is 171 Å². The van der Waals surface area contributed by atoms with Gasteiger partial charge in [0.25, 0.3) is 0 Å². The highest BCUT2D eigenvalue weighted by molar-refractivity contribution is 5.77. The predicted molar refractivity (Wildman–Crippen MR) is 284 cm³/mol. The number of unbranched alkanes of at least 4 members (excludes halogenated alkanes) is 2. The number of fused-ring (bicyclic) bond motifs is 2. The second-order valence-electron chi connectivity index (χ2n) is 20.9. The minimum atomic E-state index is -0.916. The number of carboxylic acid groups (broad SMARTS) is 2. The molecule has 76 heavy (non-hydrogen) atoms. The van der Waals surface area contributed by atoms with Crippen molar-refractivity contribution in [1.29, 1.82) is 10.5 Å². The van der Waals surface area contributed by atoms with Gasteiger partial charge >= 0.3 is 11.9 Å². The Balaban J connectivity index is 0.000000186. The van der Waals surface area contributed by atoms with Crippen molar-refractivity contribution in [3.63, 3.8) is 0 Å². The Morgan fingerprint density at radius 2 is 1.07 bits per heavy atom. The van der Waals surface area contributed by atoms with Crippen LogP contribution in [0.5, 0.6) is 0 Å². The number of anilines is 2. The molecule has 2 unspecified atom stereocenters. The molecule has 0 saturated carbocycles. The molecular weight excluding hydrogens is 965 g/mol. The summed E-state index contributed by atoms with van der Waals surface area (Å²) in [7, 11) is 0. The Hall–Kier alpha value is -6.12. The van der Waals surface area contributed by atoms with Gasteiger partial charge in [-0.1, -0.05) is 24.3 Å². The number of rotatable bonds is 20. The third kappa shape index (κ3) is 14.3. The summed E-state index contributed by atoms with van der Waals surface area (Å²) in [5.74, 6) is 0.252. The van der Waals surface area contributed by atoms with Gasteiger partial charge in [-0.25, -0.2) is 19.9 Å². The third-order valence-corrected chi connectivity index (χ3v) is 15.5. The summed E-state index contributed by atoms with van der Waals surface area (Å²) in [5, 5.41) is 46.0. The molecule has 404 valence electrons. The topological polar surface area (TPSA) is 241 Å². The number of nitriles is 2. The molecule has 18 nitrogen and oxygen atoms in total. The Kier molecular flexibility index (Phi) is 19.6. The highest BCUT2D eigenvalue weighted by atomic mass is 16.5. The highest BCUT2D eigenvalue weighted by Crippen LogP contribution is 2.38. The molecule has 0 aliphatic carbocycles. The molecule has 6 atom stereocenters. The molecule has 18 heteroatoms. The fourth-order valence-electron chi connectivity index (χ4n) is 11.5. The summed E-state index contributed by atoms with van der Waals surface area (Å²) in [6, 6.07) is 17.9. The molecule has 4 fully saturated rings. The molecule has 4 aromatic heterocycles. The quantitative estimate of drug-likeness (QED) is 0.0608. The Bertz CT molecular complexity index is 2500. The van der Waals surface area contributed by atoms with Crippen LogP contribution in [0.4, 0.5) is 11.6 Å². The van der Waals surface area contributed by atoms with E-state index in [1.807, 2.05) is 9.80 Å². The maximum Gasteiger partial charge on any atom is 0.325 e. The Labute approximate surface area is 446 Å². The molecule has 6 aliphatic rings. The van der Waals surface area contributed by atoms with Gasteiger partial charge < -0.3 is 39.8 Å². The first-order valence-corrected chi connectivity index (χ1v) is 27.9. The van der Waals surface area contributed by atoms with Crippen LogP contribution < -0.4 is 10.6 Å². The van der Waals surface area contributed by atoms with Crippen molar-refractivity contribution < 1.29 is 38.7 Å². The molecule has 0 amide bonds. The zero-order chi connectivity index (χ0) is 52.6. The van der Waals surface area contributed by atoms with Gasteiger partial charge in [0.15, 0.2) is 0 Å². The van der Waals surface area contributed by atoms with E-state index in [1.165, 1.54) is 11.1 Å². The molecule has 0 bridgehead atoms. The van der Waals surface area contributed by atoms with E-state index in [2.05, 4.69) is 57.0 Å². The van der Waals surface area contributed by atoms with Crippen molar-refractivity contribution in [3.8, 4) is 12.1 Å². The first-order chi connectivity index (χ1) is 37.2. The Morgan fingerprint density at radius 1 is 0.605 bits per heavy atom. The molecule has 0 aromatic carbocycles. The molecule has 0 spiro atoms. The van der Waals surface area contributed by atoms with Gasteiger partial charge in [0.2, 0.25) is 0 Å². The smallest absolute Gasteiger partial charge is 0.325 e. The first kappa shape index (κ1) is 54.7. The van der Waals surface area contributed by atoms with Crippen molar-refractivity contribution in [1.82, 2.24) is 29.7 Å². The van der Waals surface area contributed by atoms with Gasteiger partial charge in [-0.15, -0.1) is 0 Å². The number of aryl methyl sites for hydroxylation is 4. The van der Waals surface area contributed by atoms with Gasteiger partial charge in [-0.3, -0.25) is 19.4 Å². The van der Waals surface area contributed by atoms with Crippen molar-refractivity contribution in [3.05, 3.63) is 105 Å². The number of hydrogen-bond acceptors (Lipinski definition) is 16. The minimum absolute atomic E-state index is 0.00337. The van der Waals surface area contributed by atoms with Crippen molar-refractivity contribution in [2.24, 2.45) is 0 Å². The normalized spacial score (nSPS) is 22.3. The second-order valence-corrected chi connectivity index (χ2v) is 20.9. The summed E-state index contributed by atoms with van der Waals surface area (Å²) in [6.45, 7) is 6.93. The average molecular weight is 1040 g/mol. The number of hydrogen-bond donors (Lipinski definition) is 4. The van der Waals surface area contributed by atoms with Crippen LogP contribution in [0.2, 0.25) is 0 Å². The number of pyridine rings is 4. The van der Waals surface area contributed by atoms with E-state index in [4.69, 9.17) is 28.9 Å². The largest absolute Gasteiger partial charge is 0.480 e. The van der Waals surface area contributed by atoms with E-state index in [0.717, 1.165) is 152 Å². The van der Waals surface area contributed by atoms with Gasteiger partial charge in [0.1, 0.15) is 47.2 Å². The molecule has 6 aliphatic heterocycles. The zero-order valence-corrected chi connectivity index (χ0v) is 43.8. The lowest BCUT2D eigenvalue weighted by Crippen LogP contribution is -2.35. The summed E-state index contributed by atoms with van der Waals surface area (Å²) in [6.07, 6.45) is 16.8. The summed E-state index contributed by atoms with van der Waals surface area (Å²) in [5.41, 5.74) is 7.84. The molecule has 10 heterocycles. The highest BCUT2D eigenvalue weighted by Gasteiger charge is 2.39. The molecule has 4 aromatic rings. The maximum absolute atomic E-state index is 12.5. The number of carboxylic acids is 2. The lowest BCUT2D eigenvalue weighted by molar-refractivity contribution is -0.144. The van der Waals surface area contributed by atoms with Crippen LogP contribution in [-0.4, -0.2) is 130 Å². The van der Waals surface area contributed by atoms with Gasteiger partial charge in [0, 0.05) is 88.2 Å². The van der Waals surface area contributed by atoms with Crippen LogP contribution in [0.25, 0.3) is 0 Å². The van der Waals surface area contributed by atoms with E-state index in [0.29, 0.717) is 75.1 Å². The minimum Gasteiger partial charge on any atom is -0.480 e. The average Bonchev–Trinajstić information content (AvgIpc) is 4.14. The number of nitrogens with one attached hydrogen (secondary N) is 2.